The molecular weight excluding hydrogens is 356 g/mol. The maximum absolute atomic E-state index is 12.7. The standard InChI is InChI=1S/C17H18N4O2S2/c1-11-14(15(21-17(23)20-11)12-5-4-9-24-12)16(22)19-8-10-25-13-6-2-3-7-18-13/h2-7,9,15H,8,10H2,1H3,(H,19,22)(H2,20,21,23)/t15-/m1/s1. The summed E-state index contributed by atoms with van der Waals surface area (Å²) in [5.74, 6) is 0.545. The molecule has 1 aliphatic heterocycles. The number of thiophene rings is 1. The van der Waals surface area contributed by atoms with Gasteiger partial charge >= 0.3 is 6.03 Å². The highest BCUT2D eigenvalue weighted by molar-refractivity contribution is 7.99. The van der Waals surface area contributed by atoms with Crippen LogP contribution in [0, 0.1) is 0 Å². The van der Waals surface area contributed by atoms with Gasteiger partial charge in [-0.05, 0) is 30.5 Å². The molecule has 25 heavy (non-hydrogen) atoms. The smallest absolute Gasteiger partial charge is 0.319 e. The molecule has 0 aromatic carbocycles. The molecule has 0 aliphatic carbocycles. The Morgan fingerprint density at radius 1 is 1.36 bits per heavy atom. The van der Waals surface area contributed by atoms with Crippen molar-refractivity contribution in [2.24, 2.45) is 0 Å². The van der Waals surface area contributed by atoms with Gasteiger partial charge in [0.2, 0.25) is 0 Å². The van der Waals surface area contributed by atoms with Crippen molar-refractivity contribution in [1.29, 1.82) is 0 Å². The number of hydrogen-bond acceptors (Lipinski definition) is 5. The van der Waals surface area contributed by atoms with Crippen LogP contribution in [0.5, 0.6) is 0 Å². The quantitative estimate of drug-likeness (QED) is 0.536. The number of allylic oxidation sites excluding steroid dienone is 1. The summed E-state index contributed by atoms with van der Waals surface area (Å²) in [5, 5.41) is 11.3. The molecule has 6 nitrogen and oxygen atoms in total. The molecule has 0 bridgehead atoms. The Bertz CT molecular complexity index is 775. The van der Waals surface area contributed by atoms with Crippen LogP contribution < -0.4 is 16.0 Å². The van der Waals surface area contributed by atoms with Gasteiger partial charge in [-0.15, -0.1) is 23.1 Å². The Morgan fingerprint density at radius 3 is 2.96 bits per heavy atom. The molecule has 2 aromatic rings. The second-order valence-corrected chi connectivity index (χ2v) is 7.45. The molecule has 1 atom stereocenters. The first-order valence-corrected chi connectivity index (χ1v) is 9.65. The summed E-state index contributed by atoms with van der Waals surface area (Å²) in [4.78, 5) is 29.6. The van der Waals surface area contributed by atoms with Gasteiger partial charge in [-0.25, -0.2) is 9.78 Å². The third kappa shape index (κ3) is 4.40. The van der Waals surface area contributed by atoms with E-state index in [2.05, 4.69) is 20.9 Å². The molecular formula is C17H18N4O2S2. The molecule has 0 radical (unpaired) electrons. The number of carbonyl (C=O) groups excluding carboxylic acids is 2. The van der Waals surface area contributed by atoms with E-state index in [-0.39, 0.29) is 11.9 Å². The molecule has 0 saturated heterocycles. The average Bonchev–Trinajstić information content (AvgIpc) is 3.13. The number of rotatable bonds is 6. The van der Waals surface area contributed by atoms with Crippen molar-refractivity contribution in [2.45, 2.75) is 18.0 Å². The largest absolute Gasteiger partial charge is 0.351 e. The highest BCUT2D eigenvalue weighted by Crippen LogP contribution is 2.29. The van der Waals surface area contributed by atoms with Crippen LogP contribution in [0.25, 0.3) is 0 Å². The van der Waals surface area contributed by atoms with E-state index >= 15 is 0 Å². The summed E-state index contributed by atoms with van der Waals surface area (Å²) in [6.45, 7) is 2.26. The molecule has 3 heterocycles. The SMILES string of the molecule is CC1=C(C(=O)NCCSc2ccccn2)[C@@H](c2cccs2)NC(=O)N1. The van der Waals surface area contributed by atoms with E-state index in [4.69, 9.17) is 0 Å². The van der Waals surface area contributed by atoms with Crippen LogP contribution in [-0.2, 0) is 4.79 Å². The number of hydrogen-bond donors (Lipinski definition) is 3. The van der Waals surface area contributed by atoms with Crippen molar-refractivity contribution in [3.05, 3.63) is 58.1 Å². The van der Waals surface area contributed by atoms with Gasteiger partial charge in [0.1, 0.15) is 0 Å². The number of thioether (sulfide) groups is 1. The number of pyridine rings is 1. The van der Waals surface area contributed by atoms with E-state index in [0.717, 1.165) is 15.7 Å². The molecule has 3 rings (SSSR count). The maximum atomic E-state index is 12.7. The van der Waals surface area contributed by atoms with E-state index in [1.54, 1.807) is 24.9 Å². The second-order valence-electron chi connectivity index (χ2n) is 5.36. The van der Waals surface area contributed by atoms with Gasteiger partial charge in [0.25, 0.3) is 5.91 Å². The zero-order valence-corrected chi connectivity index (χ0v) is 15.2. The number of nitrogens with zero attached hydrogens (tertiary/aromatic N) is 1. The van der Waals surface area contributed by atoms with Crippen molar-refractivity contribution in [2.75, 3.05) is 12.3 Å². The van der Waals surface area contributed by atoms with Gasteiger partial charge in [-0.3, -0.25) is 4.79 Å². The highest BCUT2D eigenvalue weighted by Gasteiger charge is 2.31. The predicted molar refractivity (Wildman–Crippen MR) is 99.4 cm³/mol. The first kappa shape index (κ1) is 17.5. The Kier molecular flexibility index (Phi) is 5.72. The third-order valence-corrected chi connectivity index (χ3v) is 5.50. The summed E-state index contributed by atoms with van der Waals surface area (Å²) < 4.78 is 0. The van der Waals surface area contributed by atoms with E-state index in [1.807, 2.05) is 35.7 Å². The van der Waals surface area contributed by atoms with E-state index in [0.29, 0.717) is 17.8 Å². The second kappa shape index (κ2) is 8.17. The normalized spacial score (nSPS) is 17.0. The Hall–Kier alpha value is -2.32. The lowest BCUT2D eigenvalue weighted by atomic mass is 10.0. The van der Waals surface area contributed by atoms with Gasteiger partial charge < -0.3 is 16.0 Å². The molecule has 2 aromatic heterocycles. The van der Waals surface area contributed by atoms with Crippen LogP contribution >= 0.6 is 23.1 Å². The first-order valence-electron chi connectivity index (χ1n) is 7.79. The van der Waals surface area contributed by atoms with E-state index in [1.165, 1.54) is 11.3 Å². The van der Waals surface area contributed by atoms with Gasteiger partial charge in [-0.1, -0.05) is 12.1 Å². The number of aromatic nitrogens is 1. The molecule has 130 valence electrons. The van der Waals surface area contributed by atoms with Crippen LogP contribution in [0.1, 0.15) is 17.8 Å². The van der Waals surface area contributed by atoms with Crippen molar-refractivity contribution in [1.82, 2.24) is 20.9 Å². The molecule has 0 unspecified atom stereocenters. The monoisotopic (exact) mass is 374 g/mol. The summed E-state index contributed by atoms with van der Waals surface area (Å²) in [5.41, 5.74) is 1.13. The fourth-order valence-electron chi connectivity index (χ4n) is 2.51. The van der Waals surface area contributed by atoms with E-state index in [9.17, 15) is 9.59 Å². The third-order valence-electron chi connectivity index (χ3n) is 3.62. The average molecular weight is 374 g/mol. The van der Waals surface area contributed by atoms with Crippen molar-refractivity contribution in [3.8, 4) is 0 Å². The van der Waals surface area contributed by atoms with Crippen LogP contribution in [0.3, 0.4) is 0 Å². The van der Waals surface area contributed by atoms with Crippen LogP contribution in [0.2, 0.25) is 0 Å². The summed E-state index contributed by atoms with van der Waals surface area (Å²) in [7, 11) is 0. The minimum atomic E-state index is -0.419. The highest BCUT2D eigenvalue weighted by atomic mass is 32.2. The molecule has 0 fully saturated rings. The predicted octanol–water partition coefficient (Wildman–Crippen LogP) is 2.68. The summed E-state index contributed by atoms with van der Waals surface area (Å²) >= 11 is 3.09. The van der Waals surface area contributed by atoms with E-state index < -0.39 is 6.04 Å². The van der Waals surface area contributed by atoms with Gasteiger partial charge in [0, 0.05) is 29.1 Å². The Balaban J connectivity index is 1.62. The summed E-state index contributed by atoms with van der Waals surface area (Å²) in [6.07, 6.45) is 1.75. The first-order chi connectivity index (χ1) is 12.1. The van der Waals surface area contributed by atoms with Crippen LogP contribution in [-0.4, -0.2) is 29.2 Å². The lowest BCUT2D eigenvalue weighted by Gasteiger charge is -2.27. The lowest BCUT2D eigenvalue weighted by Crippen LogP contribution is -2.47. The maximum Gasteiger partial charge on any atom is 0.319 e. The fraction of sp³-hybridized carbons (Fsp3) is 0.235. The minimum Gasteiger partial charge on any atom is -0.351 e. The van der Waals surface area contributed by atoms with Crippen molar-refractivity contribution >= 4 is 35.0 Å². The number of urea groups is 1. The van der Waals surface area contributed by atoms with Gasteiger partial charge in [0.15, 0.2) is 0 Å². The molecule has 1 aliphatic rings. The lowest BCUT2D eigenvalue weighted by molar-refractivity contribution is -0.117. The van der Waals surface area contributed by atoms with Crippen molar-refractivity contribution in [3.63, 3.8) is 0 Å². The number of amides is 3. The van der Waals surface area contributed by atoms with Gasteiger partial charge in [-0.2, -0.15) is 0 Å². The fourth-order valence-corrected chi connectivity index (χ4v) is 4.02. The Labute approximate surface area is 154 Å². The molecule has 3 amide bonds. The zero-order chi connectivity index (χ0) is 17.6. The van der Waals surface area contributed by atoms with Crippen molar-refractivity contribution < 1.29 is 9.59 Å². The van der Waals surface area contributed by atoms with Crippen LogP contribution in [0.15, 0.2) is 58.2 Å². The number of nitrogens with one attached hydrogen (secondary N) is 3. The number of carbonyl (C=O) groups is 2. The topological polar surface area (TPSA) is 83.1 Å². The zero-order valence-electron chi connectivity index (χ0n) is 13.6. The molecule has 0 saturated carbocycles. The molecule has 3 N–H and O–H groups in total. The summed E-state index contributed by atoms with van der Waals surface area (Å²) in [6, 6.07) is 8.85. The Morgan fingerprint density at radius 2 is 2.24 bits per heavy atom. The minimum absolute atomic E-state index is 0.176. The van der Waals surface area contributed by atoms with Crippen LogP contribution in [0.4, 0.5) is 4.79 Å². The van der Waals surface area contributed by atoms with Gasteiger partial charge in [0.05, 0.1) is 16.6 Å². The molecule has 8 heteroatoms. The molecule has 0 spiro atoms.